The van der Waals surface area contributed by atoms with E-state index in [9.17, 15) is 9.36 Å². The number of hydrogen-bond acceptors (Lipinski definition) is 4. The molecule has 7 heteroatoms. The molecule has 0 aliphatic rings. The van der Waals surface area contributed by atoms with Crippen LogP contribution < -0.4 is 0 Å². The summed E-state index contributed by atoms with van der Waals surface area (Å²) in [6.07, 6.45) is 0. The van der Waals surface area contributed by atoms with Crippen molar-refractivity contribution in [3.63, 3.8) is 0 Å². The van der Waals surface area contributed by atoms with Crippen molar-refractivity contribution in [2.24, 2.45) is 0 Å². The normalized spacial score (nSPS) is 12.3. The summed E-state index contributed by atoms with van der Waals surface area (Å²) in [4.78, 5) is 28.0. The predicted molar refractivity (Wildman–Crippen MR) is 53.0 cm³/mol. The van der Waals surface area contributed by atoms with Crippen LogP contribution in [0.3, 0.4) is 0 Å². The van der Waals surface area contributed by atoms with Crippen LogP contribution in [0.1, 0.15) is 20.8 Å². The second-order valence-electron chi connectivity index (χ2n) is 3.69. The van der Waals surface area contributed by atoms with Crippen LogP contribution in [-0.2, 0) is 18.6 Å². The maximum Gasteiger partial charge on any atom is 0.469 e. The summed E-state index contributed by atoms with van der Waals surface area (Å²) >= 11 is 0. The van der Waals surface area contributed by atoms with Gasteiger partial charge in [0, 0.05) is 5.57 Å². The molecule has 0 saturated carbocycles. The number of hydrogen-bond donors (Lipinski definition) is 2. The summed E-state index contributed by atoms with van der Waals surface area (Å²) in [5.74, 6) is -0.630. The number of phosphoric ester groups is 1. The molecular formula is C8H15O6P. The quantitative estimate of drug-likeness (QED) is 0.421. The van der Waals surface area contributed by atoms with Gasteiger partial charge in [0.1, 0.15) is 5.60 Å². The highest BCUT2D eigenvalue weighted by molar-refractivity contribution is 7.46. The Labute approximate surface area is 88.1 Å². The van der Waals surface area contributed by atoms with Crippen molar-refractivity contribution in [3.05, 3.63) is 12.2 Å². The smallest absolute Gasteiger partial charge is 0.454 e. The number of phosphoric acid groups is 1. The van der Waals surface area contributed by atoms with Gasteiger partial charge in [0.05, 0.1) is 6.61 Å². The van der Waals surface area contributed by atoms with E-state index in [1.165, 1.54) is 20.8 Å². The van der Waals surface area contributed by atoms with E-state index >= 15 is 0 Å². The second kappa shape index (κ2) is 4.90. The van der Waals surface area contributed by atoms with Crippen LogP contribution in [0.5, 0.6) is 0 Å². The topological polar surface area (TPSA) is 93.1 Å². The lowest BCUT2D eigenvalue weighted by atomic mass is 10.1. The van der Waals surface area contributed by atoms with Crippen LogP contribution >= 0.6 is 7.82 Å². The summed E-state index contributed by atoms with van der Waals surface area (Å²) in [5, 5.41) is 0. The van der Waals surface area contributed by atoms with Crippen molar-refractivity contribution in [1.29, 1.82) is 0 Å². The third kappa shape index (κ3) is 7.27. The third-order valence-electron chi connectivity index (χ3n) is 1.30. The van der Waals surface area contributed by atoms with E-state index in [1.807, 2.05) is 0 Å². The molecule has 0 spiro atoms. The fourth-order valence-electron chi connectivity index (χ4n) is 0.607. The predicted octanol–water partition coefficient (Wildman–Crippen LogP) is 0.994. The molecule has 0 heterocycles. The molecule has 0 aliphatic heterocycles. The van der Waals surface area contributed by atoms with Crippen LogP contribution in [0.25, 0.3) is 0 Å². The van der Waals surface area contributed by atoms with Gasteiger partial charge in [-0.25, -0.2) is 9.36 Å². The maximum absolute atomic E-state index is 11.1. The van der Waals surface area contributed by atoms with Crippen molar-refractivity contribution in [3.8, 4) is 0 Å². The zero-order valence-electron chi connectivity index (χ0n) is 8.89. The summed E-state index contributed by atoms with van der Waals surface area (Å²) in [5.41, 5.74) is -0.906. The first-order valence-corrected chi connectivity index (χ1v) is 5.65. The van der Waals surface area contributed by atoms with E-state index in [4.69, 9.17) is 14.5 Å². The molecule has 0 rings (SSSR count). The molecule has 0 radical (unpaired) electrons. The molecule has 88 valence electrons. The molecule has 0 atom stereocenters. The summed E-state index contributed by atoms with van der Waals surface area (Å²) < 4.78 is 19.5. The first kappa shape index (κ1) is 14.3. The standard InChI is InChI=1S/C8H15O6P/c1-6(2)7(9)14-8(3,4)5-13-15(10,11)12/h1,5H2,2-4H3,(H2,10,11,12). The molecule has 0 aromatic rings. The summed E-state index contributed by atoms with van der Waals surface area (Å²) in [7, 11) is -4.54. The first-order chi connectivity index (χ1) is 6.53. The molecule has 2 N–H and O–H groups in total. The molecule has 0 aromatic heterocycles. The van der Waals surface area contributed by atoms with Crippen LogP contribution in [0.15, 0.2) is 12.2 Å². The second-order valence-corrected chi connectivity index (χ2v) is 4.93. The fraction of sp³-hybridized carbons (Fsp3) is 0.625. The Morgan fingerprint density at radius 3 is 2.27 bits per heavy atom. The fourth-order valence-corrected chi connectivity index (χ4v) is 1.09. The van der Waals surface area contributed by atoms with Gasteiger partial charge in [0.15, 0.2) is 0 Å². The maximum atomic E-state index is 11.1. The van der Waals surface area contributed by atoms with Gasteiger partial charge < -0.3 is 14.5 Å². The van der Waals surface area contributed by atoms with Crippen molar-refractivity contribution in [2.45, 2.75) is 26.4 Å². The zero-order chi connectivity index (χ0) is 12.3. The number of ether oxygens (including phenoxy) is 1. The van der Waals surface area contributed by atoms with Gasteiger partial charge >= 0.3 is 13.8 Å². The van der Waals surface area contributed by atoms with Crippen LogP contribution in [0.2, 0.25) is 0 Å². The van der Waals surface area contributed by atoms with E-state index in [-0.39, 0.29) is 5.57 Å². The minimum absolute atomic E-state index is 0.208. The number of carbonyl (C=O) groups excluding carboxylic acids is 1. The van der Waals surface area contributed by atoms with E-state index in [0.29, 0.717) is 0 Å². The molecule has 0 amide bonds. The minimum Gasteiger partial charge on any atom is -0.454 e. The Morgan fingerprint density at radius 2 is 1.93 bits per heavy atom. The van der Waals surface area contributed by atoms with Crippen LogP contribution in [0.4, 0.5) is 0 Å². The average Bonchev–Trinajstić information content (AvgIpc) is 1.99. The van der Waals surface area contributed by atoms with Gasteiger partial charge in [-0.1, -0.05) is 6.58 Å². The lowest BCUT2D eigenvalue weighted by molar-refractivity contribution is -0.154. The Balaban J connectivity index is 4.25. The van der Waals surface area contributed by atoms with E-state index in [0.717, 1.165) is 0 Å². The number of rotatable bonds is 5. The number of esters is 1. The molecule has 6 nitrogen and oxygen atoms in total. The van der Waals surface area contributed by atoms with Crippen LogP contribution in [0, 0.1) is 0 Å². The Morgan fingerprint density at radius 1 is 1.47 bits per heavy atom. The Bertz CT molecular complexity index is 302. The Hall–Kier alpha value is -0.680. The van der Waals surface area contributed by atoms with Crippen molar-refractivity contribution < 1.29 is 28.4 Å². The molecule has 0 saturated heterocycles. The number of carbonyl (C=O) groups is 1. The first-order valence-electron chi connectivity index (χ1n) is 4.12. The lowest BCUT2D eigenvalue weighted by Crippen LogP contribution is -2.33. The largest absolute Gasteiger partial charge is 0.469 e. The molecule has 0 aliphatic carbocycles. The van der Waals surface area contributed by atoms with E-state index in [1.54, 1.807) is 0 Å². The average molecular weight is 238 g/mol. The van der Waals surface area contributed by atoms with Crippen LogP contribution in [-0.4, -0.2) is 28.0 Å². The molecule has 0 unspecified atom stereocenters. The van der Waals surface area contributed by atoms with E-state index in [2.05, 4.69) is 11.1 Å². The van der Waals surface area contributed by atoms with Gasteiger partial charge in [0.25, 0.3) is 0 Å². The molecular weight excluding hydrogens is 223 g/mol. The third-order valence-corrected chi connectivity index (χ3v) is 1.76. The summed E-state index contributed by atoms with van der Waals surface area (Å²) in [6, 6.07) is 0. The SMILES string of the molecule is C=C(C)C(=O)OC(C)(C)COP(=O)(O)O. The van der Waals surface area contributed by atoms with Crippen molar-refractivity contribution in [1.82, 2.24) is 0 Å². The highest BCUT2D eigenvalue weighted by Crippen LogP contribution is 2.37. The monoisotopic (exact) mass is 238 g/mol. The van der Waals surface area contributed by atoms with Gasteiger partial charge in [-0.2, -0.15) is 0 Å². The lowest BCUT2D eigenvalue weighted by Gasteiger charge is -2.24. The molecule has 0 bridgehead atoms. The zero-order valence-corrected chi connectivity index (χ0v) is 9.78. The summed E-state index contributed by atoms with van der Waals surface area (Å²) in [6.45, 7) is 7.41. The van der Waals surface area contributed by atoms with Gasteiger partial charge in [0.2, 0.25) is 0 Å². The molecule has 0 aromatic carbocycles. The van der Waals surface area contributed by atoms with Gasteiger partial charge in [-0.3, -0.25) is 4.52 Å². The molecule has 0 fully saturated rings. The van der Waals surface area contributed by atoms with Gasteiger partial charge in [-0.15, -0.1) is 0 Å². The highest BCUT2D eigenvalue weighted by atomic mass is 31.2. The Kier molecular flexibility index (Phi) is 4.67. The van der Waals surface area contributed by atoms with Crippen molar-refractivity contribution >= 4 is 13.8 Å². The van der Waals surface area contributed by atoms with E-state index < -0.39 is 26.0 Å². The minimum atomic E-state index is -4.54. The molecule has 15 heavy (non-hydrogen) atoms. The van der Waals surface area contributed by atoms with Gasteiger partial charge in [-0.05, 0) is 20.8 Å². The van der Waals surface area contributed by atoms with Crippen molar-refractivity contribution in [2.75, 3.05) is 6.61 Å². The highest BCUT2D eigenvalue weighted by Gasteiger charge is 2.27.